The maximum absolute atomic E-state index is 12.5. The Morgan fingerprint density at radius 1 is 1.13 bits per heavy atom. The predicted octanol–water partition coefficient (Wildman–Crippen LogP) is 6.05. The lowest BCUT2D eigenvalue weighted by Crippen LogP contribution is -2.30. The van der Waals surface area contributed by atoms with Crippen molar-refractivity contribution in [1.29, 1.82) is 0 Å². The zero-order valence-corrected chi connectivity index (χ0v) is 19.8. The van der Waals surface area contributed by atoms with Gasteiger partial charge in [-0.25, -0.2) is 0 Å². The van der Waals surface area contributed by atoms with Crippen LogP contribution in [0, 0.1) is 0 Å². The number of aromatic nitrogens is 2. The molecule has 1 heterocycles. The molecule has 0 aliphatic rings. The number of rotatable bonds is 8. The van der Waals surface area contributed by atoms with E-state index in [2.05, 4.69) is 60.6 Å². The van der Waals surface area contributed by atoms with Gasteiger partial charge in [0.05, 0.1) is 0 Å². The average Bonchev–Trinajstić information content (AvgIpc) is 3.19. The molecule has 1 atom stereocenters. The van der Waals surface area contributed by atoms with Crippen molar-refractivity contribution >= 4 is 40.2 Å². The van der Waals surface area contributed by atoms with Crippen LogP contribution in [0.15, 0.2) is 65.0 Å². The molecular weight excluding hydrogens is 426 g/mol. The van der Waals surface area contributed by atoms with Crippen molar-refractivity contribution in [3.63, 3.8) is 0 Å². The largest absolute Gasteiger partial charge is 0.481 e. The first-order chi connectivity index (χ1) is 14.8. The van der Waals surface area contributed by atoms with Gasteiger partial charge in [-0.2, -0.15) is 0 Å². The van der Waals surface area contributed by atoms with Crippen LogP contribution in [0.1, 0.15) is 38.8 Å². The van der Waals surface area contributed by atoms with Crippen molar-refractivity contribution in [3.05, 3.63) is 71.8 Å². The Hall–Kier alpha value is -2.64. The molecule has 0 radical (unpaired) electrons. The van der Waals surface area contributed by atoms with Crippen LogP contribution in [0.2, 0.25) is 0 Å². The summed E-state index contributed by atoms with van der Waals surface area (Å²) in [7, 11) is 0. The molecule has 1 N–H and O–H groups in total. The summed E-state index contributed by atoms with van der Waals surface area (Å²) in [5.41, 5.74) is 2.46. The minimum atomic E-state index is -0.644. The number of benzene rings is 2. The van der Waals surface area contributed by atoms with Crippen molar-refractivity contribution in [3.8, 4) is 5.75 Å². The number of hydrogen-bond acceptors (Lipinski definition) is 6. The van der Waals surface area contributed by atoms with Gasteiger partial charge in [-0.1, -0.05) is 98.5 Å². The van der Waals surface area contributed by atoms with Crippen molar-refractivity contribution in [2.24, 2.45) is 0 Å². The zero-order chi connectivity index (χ0) is 22.3. The monoisotopic (exact) mass is 453 g/mol. The highest BCUT2D eigenvalue weighted by atomic mass is 32.2. The first-order valence-electron chi connectivity index (χ1n) is 10.1. The SMILES string of the molecule is CC(Oc1ccc(C(C)(C)C)cc1)C(=O)Nc1nnc(SC/C=C/c2ccccc2)s1. The van der Waals surface area contributed by atoms with Crippen LogP contribution in [-0.2, 0) is 10.2 Å². The molecule has 0 aliphatic carbocycles. The molecule has 1 amide bonds. The normalized spacial score (nSPS) is 12.6. The molecule has 0 aliphatic heterocycles. The molecule has 0 spiro atoms. The van der Waals surface area contributed by atoms with Crippen molar-refractivity contribution < 1.29 is 9.53 Å². The van der Waals surface area contributed by atoms with Crippen LogP contribution in [0.25, 0.3) is 6.08 Å². The third kappa shape index (κ3) is 7.22. The van der Waals surface area contributed by atoms with Crippen LogP contribution in [0.3, 0.4) is 0 Å². The predicted molar refractivity (Wildman–Crippen MR) is 130 cm³/mol. The summed E-state index contributed by atoms with van der Waals surface area (Å²) in [5, 5.41) is 11.4. The number of ether oxygens (including phenoxy) is 1. The van der Waals surface area contributed by atoms with E-state index < -0.39 is 6.10 Å². The van der Waals surface area contributed by atoms with Crippen LogP contribution >= 0.6 is 23.1 Å². The second-order valence-corrected chi connectivity index (χ2v) is 10.3. The lowest BCUT2D eigenvalue weighted by Gasteiger charge is -2.20. The molecule has 31 heavy (non-hydrogen) atoms. The van der Waals surface area contributed by atoms with Gasteiger partial charge < -0.3 is 4.74 Å². The van der Waals surface area contributed by atoms with Gasteiger partial charge in [-0.15, -0.1) is 10.2 Å². The standard InChI is InChI=1S/C24H27N3O2S2/c1-17(29-20-14-12-19(13-15-20)24(2,3)4)21(28)25-22-26-27-23(31-22)30-16-8-11-18-9-6-5-7-10-18/h5-15,17H,16H2,1-4H3,(H,25,26,28)/b11-8+. The Morgan fingerprint density at radius 3 is 2.52 bits per heavy atom. The van der Waals surface area contributed by atoms with E-state index >= 15 is 0 Å². The summed E-state index contributed by atoms with van der Waals surface area (Å²) in [6.45, 7) is 8.20. The van der Waals surface area contributed by atoms with Crippen molar-refractivity contribution in [1.82, 2.24) is 10.2 Å². The Balaban J connectivity index is 1.47. The molecule has 0 bridgehead atoms. The fourth-order valence-corrected chi connectivity index (χ4v) is 4.28. The Labute approximate surface area is 192 Å². The second kappa shape index (κ2) is 10.6. The Morgan fingerprint density at radius 2 is 1.84 bits per heavy atom. The number of hydrogen-bond donors (Lipinski definition) is 1. The Bertz CT molecular complexity index is 1010. The summed E-state index contributed by atoms with van der Waals surface area (Å²) in [6, 6.07) is 18.0. The van der Waals surface area contributed by atoms with Gasteiger partial charge in [0, 0.05) is 5.75 Å². The third-order valence-electron chi connectivity index (χ3n) is 4.45. The zero-order valence-electron chi connectivity index (χ0n) is 18.2. The molecular formula is C24H27N3O2S2. The first kappa shape index (κ1) is 23.0. The van der Waals surface area contributed by atoms with E-state index in [1.165, 1.54) is 16.9 Å². The van der Waals surface area contributed by atoms with E-state index in [1.54, 1.807) is 18.7 Å². The van der Waals surface area contributed by atoms with Gasteiger partial charge in [0.25, 0.3) is 5.91 Å². The van der Waals surface area contributed by atoms with Crippen molar-refractivity contribution in [2.45, 2.75) is 43.6 Å². The fraction of sp³-hybridized carbons (Fsp3) is 0.292. The highest BCUT2D eigenvalue weighted by Gasteiger charge is 2.18. The molecule has 5 nitrogen and oxygen atoms in total. The van der Waals surface area contributed by atoms with Crippen LogP contribution in [-0.4, -0.2) is 28.0 Å². The molecule has 162 valence electrons. The van der Waals surface area contributed by atoms with E-state index in [-0.39, 0.29) is 11.3 Å². The molecule has 0 saturated heterocycles. The van der Waals surface area contributed by atoms with Gasteiger partial charge in [0.2, 0.25) is 5.13 Å². The van der Waals surface area contributed by atoms with Gasteiger partial charge >= 0.3 is 0 Å². The Kier molecular flexibility index (Phi) is 7.87. The number of thioether (sulfide) groups is 1. The molecule has 0 fully saturated rings. The molecule has 3 rings (SSSR count). The fourth-order valence-electron chi connectivity index (χ4n) is 2.68. The molecule has 1 unspecified atom stereocenters. The highest BCUT2D eigenvalue weighted by Crippen LogP contribution is 2.27. The second-order valence-electron chi connectivity index (χ2n) is 8.02. The number of nitrogens with one attached hydrogen (secondary N) is 1. The maximum Gasteiger partial charge on any atom is 0.266 e. The maximum atomic E-state index is 12.5. The molecule has 1 aromatic heterocycles. The van der Waals surface area contributed by atoms with E-state index in [4.69, 9.17) is 4.74 Å². The summed E-state index contributed by atoms with van der Waals surface area (Å²) in [6.07, 6.45) is 3.51. The molecule has 0 saturated carbocycles. The van der Waals surface area contributed by atoms with Gasteiger partial charge in [0.1, 0.15) is 5.75 Å². The number of carbonyl (C=O) groups excluding carboxylic acids is 1. The number of carbonyl (C=O) groups is 1. The summed E-state index contributed by atoms with van der Waals surface area (Å²) >= 11 is 2.93. The van der Waals surface area contributed by atoms with E-state index in [0.29, 0.717) is 10.9 Å². The van der Waals surface area contributed by atoms with E-state index in [1.807, 2.05) is 42.5 Å². The highest BCUT2D eigenvalue weighted by molar-refractivity contribution is 8.01. The van der Waals surface area contributed by atoms with Crippen LogP contribution in [0.5, 0.6) is 5.75 Å². The van der Waals surface area contributed by atoms with E-state index in [0.717, 1.165) is 15.7 Å². The lowest BCUT2D eigenvalue weighted by molar-refractivity contribution is -0.122. The topological polar surface area (TPSA) is 64.1 Å². The average molecular weight is 454 g/mol. The molecule has 2 aromatic carbocycles. The van der Waals surface area contributed by atoms with Gasteiger partial charge in [-0.3, -0.25) is 10.1 Å². The van der Waals surface area contributed by atoms with Crippen LogP contribution < -0.4 is 10.1 Å². The lowest BCUT2D eigenvalue weighted by atomic mass is 9.87. The summed E-state index contributed by atoms with van der Waals surface area (Å²) < 4.78 is 6.58. The van der Waals surface area contributed by atoms with E-state index in [9.17, 15) is 4.79 Å². The third-order valence-corrected chi connectivity index (χ3v) is 6.38. The quantitative estimate of drug-likeness (QED) is 0.332. The van der Waals surface area contributed by atoms with Crippen LogP contribution in [0.4, 0.5) is 5.13 Å². The van der Waals surface area contributed by atoms with Crippen molar-refractivity contribution in [2.75, 3.05) is 11.1 Å². The number of amides is 1. The van der Waals surface area contributed by atoms with Gasteiger partial charge in [0.15, 0.2) is 10.4 Å². The summed E-state index contributed by atoms with van der Waals surface area (Å²) in [4.78, 5) is 12.5. The number of nitrogens with zero attached hydrogens (tertiary/aromatic N) is 2. The molecule has 7 heteroatoms. The molecule has 3 aromatic rings. The minimum absolute atomic E-state index is 0.0758. The number of anilines is 1. The first-order valence-corrected chi connectivity index (χ1v) is 11.9. The summed E-state index contributed by atoms with van der Waals surface area (Å²) in [5.74, 6) is 1.19. The van der Waals surface area contributed by atoms with Gasteiger partial charge in [-0.05, 0) is 35.6 Å². The minimum Gasteiger partial charge on any atom is -0.481 e. The smallest absolute Gasteiger partial charge is 0.266 e.